The van der Waals surface area contributed by atoms with Crippen molar-refractivity contribution in [2.75, 3.05) is 13.7 Å². The third-order valence-electron chi connectivity index (χ3n) is 3.63. The third kappa shape index (κ3) is 5.05. The Bertz CT molecular complexity index is 605. The van der Waals surface area contributed by atoms with Crippen LogP contribution in [-0.4, -0.2) is 42.4 Å². The van der Waals surface area contributed by atoms with E-state index in [0.717, 1.165) is 0 Å². The zero-order valence-corrected chi connectivity index (χ0v) is 12.9. The van der Waals surface area contributed by atoms with Crippen molar-refractivity contribution < 1.29 is 23.5 Å². The van der Waals surface area contributed by atoms with Crippen LogP contribution >= 0.6 is 0 Å². The first-order valence-corrected chi connectivity index (χ1v) is 7.36. The van der Waals surface area contributed by atoms with Gasteiger partial charge in [-0.25, -0.2) is 4.39 Å². The van der Waals surface area contributed by atoms with Gasteiger partial charge in [-0.3, -0.25) is 14.4 Å². The van der Waals surface area contributed by atoms with E-state index in [2.05, 4.69) is 10.1 Å². The van der Waals surface area contributed by atoms with Gasteiger partial charge in [0.15, 0.2) is 0 Å². The standard InChI is InChI=1S/C16H19FN2O4/c1-23-16(22)6-5-14(20)18-13-8-15(21)19(10-13)9-11-3-2-4-12(17)7-11/h2-4,7,13H,5-6,8-10H2,1H3,(H,18,20). The minimum absolute atomic E-state index is 0.00993. The van der Waals surface area contributed by atoms with Crippen LogP contribution < -0.4 is 5.32 Å². The van der Waals surface area contributed by atoms with Gasteiger partial charge in [-0.15, -0.1) is 0 Å². The summed E-state index contributed by atoms with van der Waals surface area (Å²) >= 11 is 0. The number of esters is 1. The number of nitrogens with one attached hydrogen (secondary N) is 1. The molecule has 124 valence electrons. The van der Waals surface area contributed by atoms with Gasteiger partial charge in [0, 0.05) is 25.9 Å². The molecular weight excluding hydrogens is 303 g/mol. The molecule has 2 rings (SSSR count). The van der Waals surface area contributed by atoms with Crippen molar-refractivity contribution in [2.24, 2.45) is 0 Å². The fraction of sp³-hybridized carbons (Fsp3) is 0.438. The summed E-state index contributed by atoms with van der Waals surface area (Å²) in [6, 6.07) is 5.78. The molecule has 7 heteroatoms. The van der Waals surface area contributed by atoms with E-state index in [-0.39, 0.29) is 42.9 Å². The summed E-state index contributed by atoms with van der Waals surface area (Å²) in [5, 5.41) is 2.73. The van der Waals surface area contributed by atoms with E-state index < -0.39 is 5.97 Å². The van der Waals surface area contributed by atoms with Gasteiger partial charge in [0.2, 0.25) is 11.8 Å². The molecule has 0 bridgehead atoms. The number of amides is 2. The predicted molar refractivity (Wildman–Crippen MR) is 79.6 cm³/mol. The number of carbonyl (C=O) groups excluding carboxylic acids is 3. The Balaban J connectivity index is 1.82. The smallest absolute Gasteiger partial charge is 0.306 e. The van der Waals surface area contributed by atoms with E-state index >= 15 is 0 Å². The monoisotopic (exact) mass is 322 g/mol. The van der Waals surface area contributed by atoms with Crippen LogP contribution in [0, 0.1) is 5.82 Å². The first kappa shape index (κ1) is 16.9. The van der Waals surface area contributed by atoms with Crippen molar-refractivity contribution in [3.8, 4) is 0 Å². The van der Waals surface area contributed by atoms with Crippen molar-refractivity contribution in [2.45, 2.75) is 31.8 Å². The number of ether oxygens (including phenoxy) is 1. The van der Waals surface area contributed by atoms with Crippen LogP contribution in [0.1, 0.15) is 24.8 Å². The van der Waals surface area contributed by atoms with Crippen LogP contribution in [-0.2, 0) is 25.7 Å². The number of rotatable bonds is 6. The summed E-state index contributed by atoms with van der Waals surface area (Å²) in [5.74, 6) is -1.18. The third-order valence-corrected chi connectivity index (χ3v) is 3.63. The zero-order chi connectivity index (χ0) is 16.8. The maximum Gasteiger partial charge on any atom is 0.306 e. The Morgan fingerprint density at radius 2 is 2.17 bits per heavy atom. The average molecular weight is 322 g/mol. The minimum Gasteiger partial charge on any atom is -0.469 e. The molecule has 0 aliphatic carbocycles. The summed E-state index contributed by atoms with van der Waals surface area (Å²) < 4.78 is 17.6. The quantitative estimate of drug-likeness (QED) is 0.793. The Morgan fingerprint density at radius 3 is 2.87 bits per heavy atom. The molecule has 2 amide bonds. The van der Waals surface area contributed by atoms with Crippen molar-refractivity contribution in [3.63, 3.8) is 0 Å². The van der Waals surface area contributed by atoms with Crippen molar-refractivity contribution in [1.29, 1.82) is 0 Å². The van der Waals surface area contributed by atoms with Crippen LogP contribution in [0.15, 0.2) is 24.3 Å². The Labute approximate surface area is 133 Å². The maximum absolute atomic E-state index is 13.2. The normalized spacial score (nSPS) is 17.2. The summed E-state index contributed by atoms with van der Waals surface area (Å²) in [4.78, 5) is 36.3. The van der Waals surface area contributed by atoms with Gasteiger partial charge in [-0.05, 0) is 17.7 Å². The van der Waals surface area contributed by atoms with Crippen molar-refractivity contribution >= 4 is 17.8 Å². The molecule has 0 radical (unpaired) electrons. The lowest BCUT2D eigenvalue weighted by Crippen LogP contribution is -2.37. The van der Waals surface area contributed by atoms with Crippen LogP contribution in [0.25, 0.3) is 0 Å². The van der Waals surface area contributed by atoms with Crippen LogP contribution in [0.5, 0.6) is 0 Å². The summed E-state index contributed by atoms with van der Waals surface area (Å²) in [6.07, 6.45) is 0.247. The molecule has 23 heavy (non-hydrogen) atoms. The summed E-state index contributed by atoms with van der Waals surface area (Å²) in [5.41, 5.74) is 0.705. The molecule has 0 spiro atoms. The second-order valence-corrected chi connectivity index (χ2v) is 5.45. The molecular formula is C16H19FN2O4. The van der Waals surface area contributed by atoms with Gasteiger partial charge in [0.25, 0.3) is 0 Å². The number of benzene rings is 1. The number of hydrogen-bond donors (Lipinski definition) is 1. The van der Waals surface area contributed by atoms with Gasteiger partial charge in [-0.2, -0.15) is 0 Å². The Morgan fingerprint density at radius 1 is 1.39 bits per heavy atom. The highest BCUT2D eigenvalue weighted by Gasteiger charge is 2.30. The lowest BCUT2D eigenvalue weighted by Gasteiger charge is -2.17. The van der Waals surface area contributed by atoms with E-state index in [4.69, 9.17) is 0 Å². The van der Waals surface area contributed by atoms with E-state index in [0.29, 0.717) is 18.7 Å². The molecule has 1 aliphatic heterocycles. The minimum atomic E-state index is -0.449. The topological polar surface area (TPSA) is 75.7 Å². The number of hydrogen-bond acceptors (Lipinski definition) is 4. The molecule has 1 N–H and O–H groups in total. The highest BCUT2D eigenvalue weighted by Crippen LogP contribution is 2.16. The van der Waals surface area contributed by atoms with Gasteiger partial charge in [-0.1, -0.05) is 12.1 Å². The number of carbonyl (C=O) groups is 3. The lowest BCUT2D eigenvalue weighted by molar-refractivity contribution is -0.142. The Kier molecular flexibility index (Phi) is 5.67. The first-order chi connectivity index (χ1) is 11.0. The van der Waals surface area contributed by atoms with Gasteiger partial charge >= 0.3 is 5.97 Å². The Hall–Kier alpha value is -2.44. The first-order valence-electron chi connectivity index (χ1n) is 7.36. The molecule has 6 nitrogen and oxygen atoms in total. The zero-order valence-electron chi connectivity index (χ0n) is 12.9. The summed E-state index contributed by atoms with van der Waals surface area (Å²) in [6.45, 7) is 0.685. The number of halogens is 1. The van der Waals surface area contributed by atoms with Crippen molar-refractivity contribution in [1.82, 2.24) is 10.2 Å². The second-order valence-electron chi connectivity index (χ2n) is 5.45. The van der Waals surface area contributed by atoms with Crippen LogP contribution in [0.2, 0.25) is 0 Å². The number of methoxy groups -OCH3 is 1. The average Bonchev–Trinajstić information content (AvgIpc) is 2.84. The van der Waals surface area contributed by atoms with E-state index in [1.165, 1.54) is 19.2 Å². The second kappa shape index (κ2) is 7.71. The lowest BCUT2D eigenvalue weighted by atomic mass is 10.2. The highest BCUT2D eigenvalue weighted by atomic mass is 19.1. The molecule has 1 aromatic carbocycles. The molecule has 1 fully saturated rings. The molecule has 1 aromatic rings. The van der Waals surface area contributed by atoms with Crippen LogP contribution in [0.4, 0.5) is 4.39 Å². The van der Waals surface area contributed by atoms with Gasteiger partial charge in [0.1, 0.15) is 5.82 Å². The largest absolute Gasteiger partial charge is 0.469 e. The van der Waals surface area contributed by atoms with Gasteiger partial charge < -0.3 is 15.0 Å². The number of nitrogens with zero attached hydrogens (tertiary/aromatic N) is 1. The molecule has 1 atom stereocenters. The fourth-order valence-corrected chi connectivity index (χ4v) is 2.49. The highest BCUT2D eigenvalue weighted by molar-refractivity contribution is 5.84. The SMILES string of the molecule is COC(=O)CCC(=O)NC1CC(=O)N(Cc2cccc(F)c2)C1. The van der Waals surface area contributed by atoms with Crippen LogP contribution in [0.3, 0.4) is 0 Å². The predicted octanol–water partition coefficient (Wildman–Crippen LogP) is 0.996. The number of likely N-dealkylation sites (tertiary alicyclic amines) is 1. The molecule has 1 saturated heterocycles. The molecule has 0 aromatic heterocycles. The molecule has 1 unspecified atom stereocenters. The van der Waals surface area contributed by atoms with Crippen molar-refractivity contribution in [3.05, 3.63) is 35.6 Å². The maximum atomic E-state index is 13.2. The van der Waals surface area contributed by atoms with E-state index in [9.17, 15) is 18.8 Å². The fourth-order valence-electron chi connectivity index (χ4n) is 2.49. The van der Waals surface area contributed by atoms with E-state index in [1.807, 2.05) is 0 Å². The summed E-state index contributed by atoms with van der Waals surface area (Å²) in [7, 11) is 1.26. The molecule has 1 heterocycles. The van der Waals surface area contributed by atoms with Gasteiger partial charge in [0.05, 0.1) is 19.6 Å². The van der Waals surface area contributed by atoms with E-state index in [1.54, 1.807) is 17.0 Å². The molecule has 0 saturated carbocycles. The molecule has 1 aliphatic rings.